The van der Waals surface area contributed by atoms with Gasteiger partial charge in [-0.1, -0.05) is 37.3 Å². The number of aromatic nitrogens is 2. The number of amides is 8. The molecule has 1 saturated heterocycles. The van der Waals surface area contributed by atoms with E-state index in [9.17, 15) is 58.2 Å². The Bertz CT molecular complexity index is 3280. The minimum absolute atomic E-state index is 0.0148. The molecule has 8 N–H and O–H groups in total. The zero-order chi connectivity index (χ0) is 57.0. The molecule has 5 aliphatic rings. The average molecular weight is 1110 g/mol. The van der Waals surface area contributed by atoms with Gasteiger partial charge in [-0.05, 0) is 67.3 Å². The Morgan fingerprint density at radius 2 is 1.62 bits per heavy atom. The number of aryl methyl sites for hydroxylation is 1. The molecule has 2 aromatic carbocycles. The lowest BCUT2D eigenvalue weighted by Gasteiger charge is -2.32. The highest BCUT2D eigenvalue weighted by atomic mass is 19.1. The molecule has 4 aromatic rings. The van der Waals surface area contributed by atoms with Crippen LogP contribution < -0.4 is 37.5 Å². The lowest BCUT2D eigenvalue weighted by atomic mass is 9.81. The van der Waals surface area contributed by atoms with Crippen molar-refractivity contribution in [1.82, 2.24) is 51.3 Å². The Hall–Kier alpha value is -8.26. The number of carbonyl (C=O) groups is 9. The number of pyridine rings is 2. The summed E-state index contributed by atoms with van der Waals surface area (Å²) < 4.78 is 27.6. The van der Waals surface area contributed by atoms with Crippen molar-refractivity contribution in [3.8, 4) is 11.4 Å². The molecule has 25 heteroatoms. The molecule has 24 nitrogen and oxygen atoms in total. The van der Waals surface area contributed by atoms with Gasteiger partial charge in [-0.3, -0.25) is 53.4 Å². The SMILES string of the molecule is CC[C@@]1(O)C(=O)OCc2c1cc1n(c2=O)Cc2c-1nc1cc(F)c(C)c3c1c2[C@@H](NC(=O)[C@H]1CCCN1C(=O)CNC(=O)CNC(=O)[C@H](Cc1ccccc1)NC(=O)CNC(=O)CNC(O)CCOCCN1C(=O)C=CC1=O)CC3. The first-order valence-electron chi connectivity index (χ1n) is 26.4. The largest absolute Gasteiger partial charge is 0.458 e. The number of fused-ring (bicyclic) bond motifs is 5. The molecular formula is C55H61FN10O14. The van der Waals surface area contributed by atoms with E-state index in [0.717, 1.165) is 17.1 Å². The molecule has 1 aliphatic carbocycles. The van der Waals surface area contributed by atoms with Crippen LogP contribution in [0.25, 0.3) is 22.3 Å². The molecule has 1 unspecified atom stereocenters. The van der Waals surface area contributed by atoms with Crippen LogP contribution >= 0.6 is 0 Å². The highest BCUT2D eigenvalue weighted by molar-refractivity contribution is 6.12. The first-order valence-corrected chi connectivity index (χ1v) is 26.4. The molecule has 8 amide bonds. The number of aliphatic hydroxyl groups is 2. The van der Waals surface area contributed by atoms with E-state index in [1.165, 1.54) is 15.5 Å². The van der Waals surface area contributed by atoms with E-state index in [4.69, 9.17) is 14.5 Å². The number of rotatable bonds is 22. The van der Waals surface area contributed by atoms with Crippen LogP contribution in [0.2, 0.25) is 0 Å². The van der Waals surface area contributed by atoms with Crippen LogP contribution in [0.15, 0.2) is 59.4 Å². The number of nitrogens with zero attached hydrogens (tertiary/aromatic N) is 4. The van der Waals surface area contributed by atoms with Crippen LogP contribution in [0.4, 0.5) is 4.39 Å². The number of imide groups is 1. The normalized spacial score (nSPS) is 19.4. The van der Waals surface area contributed by atoms with Crippen molar-refractivity contribution in [1.29, 1.82) is 0 Å². The fourth-order valence-electron chi connectivity index (χ4n) is 10.9. The Balaban J connectivity index is 0.775. The number of likely N-dealkylation sites (tertiary alicyclic amines) is 1. The zero-order valence-corrected chi connectivity index (χ0v) is 44.0. The summed E-state index contributed by atoms with van der Waals surface area (Å²) in [7, 11) is 0. The molecule has 0 saturated carbocycles. The van der Waals surface area contributed by atoms with E-state index in [-0.39, 0.29) is 76.4 Å². The Kier molecular flexibility index (Phi) is 16.9. The van der Waals surface area contributed by atoms with E-state index in [0.29, 0.717) is 75.8 Å². The number of esters is 1. The van der Waals surface area contributed by atoms with E-state index in [2.05, 4.69) is 31.9 Å². The van der Waals surface area contributed by atoms with Crippen LogP contribution in [-0.2, 0) is 84.2 Å². The van der Waals surface area contributed by atoms with Gasteiger partial charge in [-0.25, -0.2) is 14.2 Å². The number of hydrogen-bond acceptors (Lipinski definition) is 16. The van der Waals surface area contributed by atoms with Gasteiger partial charge >= 0.3 is 5.97 Å². The van der Waals surface area contributed by atoms with Crippen molar-refractivity contribution < 1.29 is 67.2 Å². The van der Waals surface area contributed by atoms with Crippen LogP contribution in [0.5, 0.6) is 0 Å². The highest BCUT2D eigenvalue weighted by Gasteiger charge is 2.46. The molecule has 2 aromatic heterocycles. The highest BCUT2D eigenvalue weighted by Crippen LogP contribution is 2.46. The van der Waals surface area contributed by atoms with E-state index in [1.54, 1.807) is 50.2 Å². The second kappa shape index (κ2) is 24.0. The molecule has 80 heavy (non-hydrogen) atoms. The lowest BCUT2D eigenvalue weighted by Crippen LogP contribution is -2.53. The summed E-state index contributed by atoms with van der Waals surface area (Å²) in [6.07, 6.45) is 2.73. The first kappa shape index (κ1) is 56.5. The van der Waals surface area contributed by atoms with Crippen molar-refractivity contribution in [2.75, 3.05) is 52.5 Å². The van der Waals surface area contributed by atoms with Gasteiger partial charge in [-0.2, -0.15) is 0 Å². The molecule has 0 spiro atoms. The van der Waals surface area contributed by atoms with Crippen molar-refractivity contribution in [3.05, 3.63) is 110 Å². The average Bonchev–Trinajstić information content (AvgIpc) is 4.26. The third-order valence-corrected chi connectivity index (χ3v) is 15.2. The first-order chi connectivity index (χ1) is 38.4. The lowest BCUT2D eigenvalue weighted by molar-refractivity contribution is -0.172. The second-order valence-electron chi connectivity index (χ2n) is 20.2. The summed E-state index contributed by atoms with van der Waals surface area (Å²) in [5, 5.41) is 38.0. The number of aliphatic hydroxyl groups excluding tert-OH is 1. The van der Waals surface area contributed by atoms with Crippen LogP contribution in [0.3, 0.4) is 0 Å². The van der Waals surface area contributed by atoms with Crippen LogP contribution in [-0.4, -0.2) is 154 Å². The summed E-state index contributed by atoms with van der Waals surface area (Å²) in [4.78, 5) is 138. The Morgan fingerprint density at radius 1 is 0.900 bits per heavy atom. The summed E-state index contributed by atoms with van der Waals surface area (Å²) in [5.74, 6) is -6.09. The predicted molar refractivity (Wildman–Crippen MR) is 280 cm³/mol. The topological polar surface area (TPSA) is 326 Å². The maximum Gasteiger partial charge on any atom is 0.343 e. The number of halogens is 1. The van der Waals surface area contributed by atoms with E-state index >= 15 is 4.39 Å². The quantitative estimate of drug-likeness (QED) is 0.0177. The molecular weight excluding hydrogens is 1040 g/mol. The summed E-state index contributed by atoms with van der Waals surface area (Å²) in [6, 6.07) is 8.82. The molecule has 5 atom stereocenters. The standard InChI is InChI=1S/C55H61FN10O14/c1-3-55(78)34-21-40-50-32(27-66(40)53(76)33(34)28-80-54(55)77)49-36(12-11-31-29(2)35(56)22-37(62-50)48(31)49)63-52(75)39-10-7-16-64(39)47(73)26-59-43(69)24-60-51(74)38(20-30-8-5-4-6-9-30)61-44(70)25-58-42(68)23-57-41(67)15-18-79-19-17-65-45(71)13-14-46(65)72/h4-6,8-9,13-14,21-22,36,38-39,41,57,67,78H,3,7,10-12,15-20,23-28H2,1-2H3,(H,58,68)(H,59,69)(H,60,74)(H,61,70)(H,63,75)/t36-,38-,39+,41?,55-/m0/s1. The van der Waals surface area contributed by atoms with Gasteiger partial charge in [0.1, 0.15) is 30.7 Å². The minimum atomic E-state index is -2.07. The zero-order valence-electron chi connectivity index (χ0n) is 44.0. The van der Waals surface area contributed by atoms with Gasteiger partial charge in [-0.15, -0.1) is 0 Å². The van der Waals surface area contributed by atoms with Crippen molar-refractivity contribution >= 4 is 64.1 Å². The molecule has 6 heterocycles. The smallest absolute Gasteiger partial charge is 0.343 e. The summed E-state index contributed by atoms with van der Waals surface area (Å²) >= 11 is 0. The Morgan fingerprint density at radius 3 is 2.38 bits per heavy atom. The molecule has 9 rings (SSSR count). The van der Waals surface area contributed by atoms with Gasteiger partial charge in [0.05, 0.1) is 81.0 Å². The minimum Gasteiger partial charge on any atom is -0.458 e. The third-order valence-electron chi connectivity index (χ3n) is 15.2. The second-order valence-corrected chi connectivity index (χ2v) is 20.2. The van der Waals surface area contributed by atoms with Crippen molar-refractivity contribution in [2.24, 2.45) is 0 Å². The van der Waals surface area contributed by atoms with Gasteiger partial charge in [0, 0.05) is 54.1 Å². The number of carbonyl (C=O) groups excluding carboxylic acids is 9. The van der Waals surface area contributed by atoms with Crippen LogP contribution in [0, 0.1) is 12.7 Å². The third kappa shape index (κ3) is 11.7. The maximum absolute atomic E-state index is 15.5. The van der Waals surface area contributed by atoms with E-state index in [1.807, 2.05) is 0 Å². The Labute approximate surface area is 456 Å². The van der Waals surface area contributed by atoms with Crippen molar-refractivity contribution in [3.63, 3.8) is 0 Å². The number of benzene rings is 2. The summed E-state index contributed by atoms with van der Waals surface area (Å²) in [5.41, 5.74) is 1.76. The van der Waals surface area contributed by atoms with Crippen molar-refractivity contribution in [2.45, 2.75) is 102 Å². The van der Waals surface area contributed by atoms with Gasteiger partial charge < -0.3 is 55.7 Å². The molecule has 422 valence electrons. The predicted octanol–water partition coefficient (Wildman–Crippen LogP) is -1.06. The number of cyclic esters (lactones) is 1. The van der Waals surface area contributed by atoms with Gasteiger partial charge in [0.2, 0.25) is 35.4 Å². The van der Waals surface area contributed by atoms with E-state index < -0.39 is 114 Å². The number of hydrogen-bond donors (Lipinski definition) is 8. The van der Waals surface area contributed by atoms with Crippen LogP contribution in [0.1, 0.15) is 84.0 Å². The number of nitrogens with one attached hydrogen (secondary N) is 6. The van der Waals surface area contributed by atoms with Gasteiger partial charge in [0.25, 0.3) is 17.4 Å². The fraction of sp³-hybridized carbons (Fsp3) is 0.436. The molecule has 1 fully saturated rings. The summed E-state index contributed by atoms with van der Waals surface area (Å²) in [6.45, 7) is 1.37. The molecule has 0 radical (unpaired) electrons. The number of ether oxygens (including phenoxy) is 2. The molecule has 4 aliphatic heterocycles. The molecule has 0 bridgehead atoms. The van der Waals surface area contributed by atoms with Gasteiger partial charge in [0.15, 0.2) is 5.60 Å². The maximum atomic E-state index is 15.5. The fourth-order valence-corrected chi connectivity index (χ4v) is 10.9. The monoisotopic (exact) mass is 1100 g/mol.